The quantitative estimate of drug-likeness (QED) is 0.897. The standard InChI is InChI=1S/C12H17N3O2S/c1-9(12(17)15-5-3-2-4-6-15)14-11(16)10-7-18-8-13-10/h7-9H,2-6H2,1H3,(H,14,16). The highest BCUT2D eigenvalue weighted by Crippen LogP contribution is 2.10. The van der Waals surface area contributed by atoms with E-state index in [-0.39, 0.29) is 11.8 Å². The van der Waals surface area contributed by atoms with Crippen molar-refractivity contribution in [3.05, 3.63) is 16.6 Å². The fraction of sp³-hybridized carbons (Fsp3) is 0.583. The first-order chi connectivity index (χ1) is 8.68. The molecule has 0 aliphatic carbocycles. The van der Waals surface area contributed by atoms with Crippen molar-refractivity contribution < 1.29 is 9.59 Å². The Morgan fingerprint density at radius 3 is 2.72 bits per heavy atom. The first kappa shape index (κ1) is 13.0. The molecule has 98 valence electrons. The monoisotopic (exact) mass is 267 g/mol. The summed E-state index contributed by atoms with van der Waals surface area (Å²) in [5.74, 6) is -0.285. The van der Waals surface area contributed by atoms with Gasteiger partial charge in [-0.25, -0.2) is 4.98 Å². The lowest BCUT2D eigenvalue weighted by atomic mass is 10.1. The molecule has 0 radical (unpaired) electrons. The molecule has 2 amide bonds. The summed E-state index contributed by atoms with van der Waals surface area (Å²) in [7, 11) is 0. The normalized spacial score (nSPS) is 17.3. The summed E-state index contributed by atoms with van der Waals surface area (Å²) in [5.41, 5.74) is 1.98. The molecular formula is C12H17N3O2S. The molecule has 1 N–H and O–H groups in total. The van der Waals surface area contributed by atoms with E-state index in [0.717, 1.165) is 25.9 Å². The Morgan fingerprint density at radius 2 is 2.11 bits per heavy atom. The average Bonchev–Trinajstić information content (AvgIpc) is 2.92. The van der Waals surface area contributed by atoms with Crippen molar-refractivity contribution in [3.8, 4) is 0 Å². The lowest BCUT2D eigenvalue weighted by Crippen LogP contribution is -2.48. The highest BCUT2D eigenvalue weighted by atomic mass is 32.1. The van der Waals surface area contributed by atoms with E-state index in [9.17, 15) is 9.59 Å². The summed E-state index contributed by atoms with van der Waals surface area (Å²) in [5, 5.41) is 4.37. The lowest BCUT2D eigenvalue weighted by molar-refractivity contribution is -0.133. The number of nitrogens with one attached hydrogen (secondary N) is 1. The molecule has 2 heterocycles. The predicted molar refractivity (Wildman–Crippen MR) is 69.5 cm³/mol. The van der Waals surface area contributed by atoms with E-state index < -0.39 is 6.04 Å². The van der Waals surface area contributed by atoms with Crippen molar-refractivity contribution in [1.82, 2.24) is 15.2 Å². The molecule has 18 heavy (non-hydrogen) atoms. The predicted octanol–water partition coefficient (Wildman–Crippen LogP) is 1.27. The van der Waals surface area contributed by atoms with Crippen molar-refractivity contribution in [2.75, 3.05) is 13.1 Å². The van der Waals surface area contributed by atoms with Crippen molar-refractivity contribution in [1.29, 1.82) is 0 Å². The summed E-state index contributed by atoms with van der Waals surface area (Å²) >= 11 is 1.36. The van der Waals surface area contributed by atoms with Crippen LogP contribution >= 0.6 is 11.3 Å². The van der Waals surface area contributed by atoms with Gasteiger partial charge >= 0.3 is 0 Å². The third-order valence-electron chi connectivity index (χ3n) is 3.05. The number of thiazole rings is 1. The second-order valence-electron chi connectivity index (χ2n) is 4.45. The maximum Gasteiger partial charge on any atom is 0.271 e. The van der Waals surface area contributed by atoms with Crippen LogP contribution < -0.4 is 5.32 Å². The molecule has 0 aromatic carbocycles. The summed E-state index contributed by atoms with van der Waals surface area (Å²) in [4.78, 5) is 29.6. The average molecular weight is 267 g/mol. The van der Waals surface area contributed by atoms with E-state index in [1.807, 2.05) is 4.90 Å². The number of carbonyl (C=O) groups is 2. The number of carbonyl (C=O) groups excluding carboxylic acids is 2. The summed E-state index contributed by atoms with van der Waals surface area (Å²) < 4.78 is 0. The molecule has 1 aliphatic heterocycles. The number of hydrogen-bond donors (Lipinski definition) is 1. The highest BCUT2D eigenvalue weighted by Gasteiger charge is 2.23. The van der Waals surface area contributed by atoms with Gasteiger partial charge in [-0.15, -0.1) is 11.3 Å². The van der Waals surface area contributed by atoms with Crippen LogP contribution in [0.4, 0.5) is 0 Å². The largest absolute Gasteiger partial charge is 0.341 e. The zero-order valence-corrected chi connectivity index (χ0v) is 11.2. The van der Waals surface area contributed by atoms with Crippen LogP contribution in [-0.2, 0) is 4.79 Å². The number of rotatable bonds is 3. The van der Waals surface area contributed by atoms with Gasteiger partial charge in [0, 0.05) is 18.5 Å². The first-order valence-electron chi connectivity index (χ1n) is 6.16. The van der Waals surface area contributed by atoms with Gasteiger partial charge in [-0.3, -0.25) is 9.59 Å². The smallest absolute Gasteiger partial charge is 0.271 e. The Bertz CT molecular complexity index is 413. The molecule has 1 aromatic rings. The third-order valence-corrected chi connectivity index (χ3v) is 3.64. The van der Waals surface area contributed by atoms with Gasteiger partial charge < -0.3 is 10.2 Å². The molecule has 1 aromatic heterocycles. The third kappa shape index (κ3) is 3.07. The molecule has 1 unspecified atom stereocenters. The Morgan fingerprint density at radius 1 is 1.39 bits per heavy atom. The van der Waals surface area contributed by atoms with Gasteiger partial charge in [-0.2, -0.15) is 0 Å². The van der Waals surface area contributed by atoms with E-state index in [1.165, 1.54) is 17.8 Å². The van der Waals surface area contributed by atoms with E-state index in [1.54, 1.807) is 17.8 Å². The Hall–Kier alpha value is -1.43. The molecule has 5 nitrogen and oxygen atoms in total. The van der Waals surface area contributed by atoms with Gasteiger partial charge in [0.1, 0.15) is 11.7 Å². The minimum absolute atomic E-state index is 0.00159. The van der Waals surface area contributed by atoms with Gasteiger partial charge in [0.15, 0.2) is 0 Å². The van der Waals surface area contributed by atoms with Crippen molar-refractivity contribution in [3.63, 3.8) is 0 Å². The van der Waals surface area contributed by atoms with E-state index in [0.29, 0.717) is 5.69 Å². The van der Waals surface area contributed by atoms with Gasteiger partial charge in [0.05, 0.1) is 5.51 Å². The maximum absolute atomic E-state index is 12.1. The number of aromatic nitrogens is 1. The van der Waals surface area contributed by atoms with Gasteiger partial charge in [0.25, 0.3) is 5.91 Å². The van der Waals surface area contributed by atoms with Gasteiger partial charge in [-0.1, -0.05) is 0 Å². The SMILES string of the molecule is CC(NC(=O)c1cscn1)C(=O)N1CCCCC1. The number of nitrogens with zero attached hydrogens (tertiary/aromatic N) is 2. The number of piperidine rings is 1. The Labute approximate surface area is 110 Å². The minimum atomic E-state index is -0.489. The van der Waals surface area contributed by atoms with Crippen LogP contribution in [-0.4, -0.2) is 40.8 Å². The molecule has 1 atom stereocenters. The molecule has 1 fully saturated rings. The maximum atomic E-state index is 12.1. The highest BCUT2D eigenvalue weighted by molar-refractivity contribution is 7.07. The van der Waals surface area contributed by atoms with Crippen LogP contribution in [0.25, 0.3) is 0 Å². The fourth-order valence-corrected chi connectivity index (χ4v) is 2.58. The molecule has 0 bridgehead atoms. The van der Waals surface area contributed by atoms with Crippen LogP contribution in [0.3, 0.4) is 0 Å². The van der Waals surface area contributed by atoms with Crippen LogP contribution in [0.15, 0.2) is 10.9 Å². The lowest BCUT2D eigenvalue weighted by Gasteiger charge is -2.29. The number of hydrogen-bond acceptors (Lipinski definition) is 4. The molecule has 0 spiro atoms. The molecule has 6 heteroatoms. The Kier molecular flexibility index (Phi) is 4.30. The number of amides is 2. The molecule has 1 aliphatic rings. The summed E-state index contributed by atoms with van der Waals surface area (Å²) in [6.07, 6.45) is 3.29. The van der Waals surface area contributed by atoms with Gasteiger partial charge in [0.2, 0.25) is 5.91 Å². The summed E-state index contributed by atoms with van der Waals surface area (Å²) in [6.45, 7) is 3.33. The molecule has 1 saturated heterocycles. The minimum Gasteiger partial charge on any atom is -0.341 e. The zero-order chi connectivity index (χ0) is 13.0. The van der Waals surface area contributed by atoms with Crippen LogP contribution in [0.1, 0.15) is 36.7 Å². The van der Waals surface area contributed by atoms with Crippen LogP contribution in [0.2, 0.25) is 0 Å². The summed E-state index contributed by atoms with van der Waals surface area (Å²) in [6, 6.07) is -0.489. The van der Waals surface area contributed by atoms with Crippen molar-refractivity contribution >= 4 is 23.2 Å². The molecule has 2 rings (SSSR count). The van der Waals surface area contributed by atoms with Crippen molar-refractivity contribution in [2.24, 2.45) is 0 Å². The van der Waals surface area contributed by atoms with E-state index in [4.69, 9.17) is 0 Å². The number of likely N-dealkylation sites (tertiary alicyclic amines) is 1. The van der Waals surface area contributed by atoms with E-state index >= 15 is 0 Å². The topological polar surface area (TPSA) is 62.3 Å². The second-order valence-corrected chi connectivity index (χ2v) is 5.17. The molecule has 0 saturated carbocycles. The second kappa shape index (κ2) is 5.95. The Balaban J connectivity index is 1.88. The fourth-order valence-electron chi connectivity index (χ4n) is 2.05. The van der Waals surface area contributed by atoms with Gasteiger partial charge in [-0.05, 0) is 26.2 Å². The zero-order valence-electron chi connectivity index (χ0n) is 10.4. The van der Waals surface area contributed by atoms with Crippen molar-refractivity contribution in [2.45, 2.75) is 32.2 Å². The molecular weight excluding hydrogens is 250 g/mol. The van der Waals surface area contributed by atoms with Crippen LogP contribution in [0, 0.1) is 0 Å². The first-order valence-corrected chi connectivity index (χ1v) is 7.10. The van der Waals surface area contributed by atoms with E-state index in [2.05, 4.69) is 10.3 Å². The van der Waals surface area contributed by atoms with Crippen LogP contribution in [0.5, 0.6) is 0 Å².